The molecular formula is C14H19NS. The first-order valence-electron chi connectivity index (χ1n) is 6.19. The van der Waals surface area contributed by atoms with E-state index < -0.39 is 0 Å². The number of nitrogens with two attached hydrogens (primary N) is 1. The van der Waals surface area contributed by atoms with Gasteiger partial charge in [0.05, 0.1) is 0 Å². The van der Waals surface area contributed by atoms with Crippen LogP contribution in [-0.4, -0.2) is 11.8 Å². The van der Waals surface area contributed by atoms with Crippen molar-refractivity contribution in [1.29, 1.82) is 0 Å². The van der Waals surface area contributed by atoms with Crippen LogP contribution in [0.1, 0.15) is 37.7 Å². The van der Waals surface area contributed by atoms with E-state index in [0.717, 1.165) is 5.92 Å². The van der Waals surface area contributed by atoms with Gasteiger partial charge in [0.25, 0.3) is 0 Å². The molecule has 2 aliphatic rings. The van der Waals surface area contributed by atoms with Gasteiger partial charge in [-0.15, -0.1) is 11.8 Å². The van der Waals surface area contributed by atoms with Gasteiger partial charge in [-0.3, -0.25) is 0 Å². The van der Waals surface area contributed by atoms with Crippen LogP contribution in [0.25, 0.3) is 0 Å². The van der Waals surface area contributed by atoms with Crippen LogP contribution in [0.5, 0.6) is 0 Å². The molecule has 2 unspecified atom stereocenters. The summed E-state index contributed by atoms with van der Waals surface area (Å²) in [5.74, 6) is 2.00. The largest absolute Gasteiger partial charge is 0.327 e. The third kappa shape index (κ3) is 1.68. The Morgan fingerprint density at radius 2 is 2.19 bits per heavy atom. The van der Waals surface area contributed by atoms with Crippen LogP contribution in [0.15, 0.2) is 29.2 Å². The Morgan fingerprint density at radius 1 is 1.44 bits per heavy atom. The molecule has 2 heteroatoms. The number of thioether (sulfide) groups is 1. The molecule has 0 aromatic heterocycles. The van der Waals surface area contributed by atoms with E-state index in [0.29, 0.717) is 11.5 Å². The van der Waals surface area contributed by atoms with Gasteiger partial charge in [-0.05, 0) is 49.1 Å². The molecule has 2 N–H and O–H groups in total. The van der Waals surface area contributed by atoms with Crippen LogP contribution in [0, 0.1) is 5.41 Å². The summed E-state index contributed by atoms with van der Waals surface area (Å²) >= 11 is 2.02. The number of fused-ring (bicyclic) bond motifs is 1. The highest BCUT2D eigenvalue weighted by molar-refractivity contribution is 7.99. The predicted octanol–water partition coefficient (Wildman–Crippen LogP) is 3.39. The summed E-state index contributed by atoms with van der Waals surface area (Å²) in [6.07, 6.45) is 3.98. The highest BCUT2D eigenvalue weighted by Crippen LogP contribution is 2.56. The Hall–Kier alpha value is -0.470. The van der Waals surface area contributed by atoms with Crippen LogP contribution in [0.4, 0.5) is 0 Å². The minimum absolute atomic E-state index is 0.366. The summed E-state index contributed by atoms with van der Waals surface area (Å²) in [4.78, 5) is 1.49. The van der Waals surface area contributed by atoms with E-state index >= 15 is 0 Å². The molecule has 16 heavy (non-hydrogen) atoms. The minimum atomic E-state index is 0.366. The second kappa shape index (κ2) is 3.78. The van der Waals surface area contributed by atoms with Crippen molar-refractivity contribution in [3.05, 3.63) is 29.8 Å². The SMILES string of the molecule is CC(N)C1(CC2CSc3ccccc32)CC1. The fourth-order valence-electron chi connectivity index (χ4n) is 2.89. The smallest absolute Gasteiger partial charge is 0.0107 e. The topological polar surface area (TPSA) is 26.0 Å². The van der Waals surface area contributed by atoms with Gasteiger partial charge < -0.3 is 5.73 Å². The number of hydrogen-bond donors (Lipinski definition) is 1. The van der Waals surface area contributed by atoms with Crippen molar-refractivity contribution < 1.29 is 0 Å². The molecule has 3 rings (SSSR count). The molecule has 1 aliphatic carbocycles. The maximum atomic E-state index is 6.12. The molecule has 0 amide bonds. The molecule has 0 radical (unpaired) electrons. The Balaban J connectivity index is 1.79. The fourth-order valence-corrected chi connectivity index (χ4v) is 4.15. The van der Waals surface area contributed by atoms with E-state index in [9.17, 15) is 0 Å². The molecule has 1 saturated carbocycles. The van der Waals surface area contributed by atoms with E-state index in [1.165, 1.54) is 29.9 Å². The molecule has 1 aromatic carbocycles. The quantitative estimate of drug-likeness (QED) is 0.866. The van der Waals surface area contributed by atoms with Crippen molar-refractivity contribution in [2.24, 2.45) is 11.1 Å². The van der Waals surface area contributed by atoms with E-state index in [4.69, 9.17) is 5.73 Å². The summed E-state index contributed by atoms with van der Waals surface area (Å²) in [6.45, 7) is 2.18. The monoisotopic (exact) mass is 233 g/mol. The van der Waals surface area contributed by atoms with Crippen LogP contribution in [0.2, 0.25) is 0 Å². The van der Waals surface area contributed by atoms with Crippen LogP contribution < -0.4 is 5.73 Å². The van der Waals surface area contributed by atoms with Crippen LogP contribution in [0.3, 0.4) is 0 Å². The van der Waals surface area contributed by atoms with Crippen molar-refractivity contribution in [2.45, 2.75) is 43.0 Å². The average Bonchev–Trinajstić information content (AvgIpc) is 2.96. The molecule has 1 aliphatic heterocycles. The van der Waals surface area contributed by atoms with Crippen LogP contribution in [-0.2, 0) is 0 Å². The fraction of sp³-hybridized carbons (Fsp3) is 0.571. The molecular weight excluding hydrogens is 214 g/mol. The van der Waals surface area contributed by atoms with Gasteiger partial charge in [0.2, 0.25) is 0 Å². The predicted molar refractivity (Wildman–Crippen MR) is 69.8 cm³/mol. The second-order valence-corrected chi connectivity index (χ2v) is 6.46. The summed E-state index contributed by atoms with van der Waals surface area (Å²) in [5, 5.41) is 0. The molecule has 1 nitrogen and oxygen atoms in total. The van der Waals surface area contributed by atoms with Crippen molar-refractivity contribution in [3.63, 3.8) is 0 Å². The standard InChI is InChI=1S/C14H19NS/c1-10(15)14(6-7-14)8-11-9-16-13-5-3-2-4-12(11)13/h2-5,10-11H,6-9,15H2,1H3. The maximum Gasteiger partial charge on any atom is 0.0107 e. The zero-order valence-electron chi connectivity index (χ0n) is 9.78. The normalized spacial score (nSPS) is 27.5. The highest BCUT2D eigenvalue weighted by atomic mass is 32.2. The third-order valence-corrected chi connectivity index (χ3v) is 5.56. The molecule has 1 fully saturated rings. The van der Waals surface area contributed by atoms with Gasteiger partial charge in [-0.1, -0.05) is 18.2 Å². The van der Waals surface area contributed by atoms with E-state index in [2.05, 4.69) is 31.2 Å². The summed E-state index contributed by atoms with van der Waals surface area (Å²) in [6, 6.07) is 9.24. The van der Waals surface area contributed by atoms with Gasteiger partial charge >= 0.3 is 0 Å². The Morgan fingerprint density at radius 3 is 2.88 bits per heavy atom. The Bertz CT molecular complexity index is 395. The van der Waals surface area contributed by atoms with Gasteiger partial charge in [0.15, 0.2) is 0 Å². The number of rotatable bonds is 3. The van der Waals surface area contributed by atoms with Gasteiger partial charge in [-0.2, -0.15) is 0 Å². The third-order valence-electron chi connectivity index (χ3n) is 4.31. The van der Waals surface area contributed by atoms with Crippen molar-refractivity contribution in [3.8, 4) is 0 Å². The van der Waals surface area contributed by atoms with Crippen molar-refractivity contribution >= 4 is 11.8 Å². The molecule has 0 bridgehead atoms. The lowest BCUT2D eigenvalue weighted by atomic mass is 9.84. The summed E-state index contributed by atoms with van der Waals surface area (Å²) < 4.78 is 0. The zero-order chi connectivity index (χ0) is 11.2. The molecule has 1 aromatic rings. The van der Waals surface area contributed by atoms with Gasteiger partial charge in [0, 0.05) is 16.7 Å². The summed E-state index contributed by atoms with van der Waals surface area (Å²) in [7, 11) is 0. The highest BCUT2D eigenvalue weighted by Gasteiger charge is 2.47. The van der Waals surface area contributed by atoms with E-state index in [-0.39, 0.29) is 0 Å². The lowest BCUT2D eigenvalue weighted by Crippen LogP contribution is -2.29. The lowest BCUT2D eigenvalue weighted by molar-refractivity contribution is 0.366. The first-order chi connectivity index (χ1) is 7.71. The first-order valence-corrected chi connectivity index (χ1v) is 7.17. The first kappa shape index (κ1) is 10.7. The zero-order valence-corrected chi connectivity index (χ0v) is 10.6. The number of hydrogen-bond acceptors (Lipinski definition) is 2. The lowest BCUT2D eigenvalue weighted by Gasteiger charge is -2.23. The molecule has 1 heterocycles. The van der Waals surface area contributed by atoms with Crippen LogP contribution >= 0.6 is 11.8 Å². The molecule has 0 saturated heterocycles. The van der Waals surface area contributed by atoms with E-state index in [1.807, 2.05) is 11.8 Å². The van der Waals surface area contributed by atoms with E-state index in [1.54, 1.807) is 5.56 Å². The van der Waals surface area contributed by atoms with Crippen molar-refractivity contribution in [1.82, 2.24) is 0 Å². The molecule has 0 spiro atoms. The van der Waals surface area contributed by atoms with Gasteiger partial charge in [0.1, 0.15) is 0 Å². The Labute approximate surface area is 102 Å². The minimum Gasteiger partial charge on any atom is -0.327 e. The second-order valence-electron chi connectivity index (χ2n) is 5.40. The maximum absolute atomic E-state index is 6.12. The Kier molecular flexibility index (Phi) is 2.52. The summed E-state index contributed by atoms with van der Waals surface area (Å²) in [5.41, 5.74) is 8.17. The van der Waals surface area contributed by atoms with Crippen molar-refractivity contribution in [2.75, 3.05) is 5.75 Å². The molecule has 2 atom stereocenters. The average molecular weight is 233 g/mol. The number of benzene rings is 1. The van der Waals surface area contributed by atoms with Gasteiger partial charge in [-0.25, -0.2) is 0 Å². The molecule has 86 valence electrons.